The van der Waals surface area contributed by atoms with Gasteiger partial charge in [-0.2, -0.15) is 0 Å². The molecule has 2 heterocycles. The number of nitrogens with one attached hydrogen (secondary N) is 2. The van der Waals surface area contributed by atoms with E-state index in [1.54, 1.807) is 0 Å². The summed E-state index contributed by atoms with van der Waals surface area (Å²) in [6.07, 6.45) is 0.324. The molecule has 0 aliphatic carbocycles. The number of imide groups is 1. The van der Waals surface area contributed by atoms with Crippen LogP contribution in [0.15, 0.2) is 18.2 Å². The quantitative estimate of drug-likeness (QED) is 0.676. The van der Waals surface area contributed by atoms with Crippen molar-refractivity contribution in [1.82, 2.24) is 10.6 Å². The second kappa shape index (κ2) is 3.48. The number of hydrogen-bond donors (Lipinski definition) is 2. The Kier molecular flexibility index (Phi) is 2.14. The first-order valence-corrected chi connectivity index (χ1v) is 5.93. The first kappa shape index (κ1) is 11.1. The summed E-state index contributed by atoms with van der Waals surface area (Å²) in [5.74, 6) is 0.367. The molecule has 0 saturated carbocycles. The lowest BCUT2D eigenvalue weighted by molar-refractivity contribution is -0.126. The predicted octanol–water partition coefficient (Wildman–Crippen LogP) is 1.20. The summed E-state index contributed by atoms with van der Waals surface area (Å²) in [5, 5.41) is 5.07. The Morgan fingerprint density at radius 3 is 2.83 bits per heavy atom. The molecule has 5 nitrogen and oxygen atoms in total. The second-order valence-corrected chi connectivity index (χ2v) is 4.95. The molecule has 2 unspecified atom stereocenters. The molecular weight excluding hydrogens is 232 g/mol. The van der Waals surface area contributed by atoms with E-state index in [1.807, 2.05) is 32.0 Å². The van der Waals surface area contributed by atoms with Crippen LogP contribution in [0.3, 0.4) is 0 Å². The second-order valence-electron chi connectivity index (χ2n) is 4.95. The van der Waals surface area contributed by atoms with Gasteiger partial charge in [-0.25, -0.2) is 4.79 Å². The molecule has 2 aliphatic heterocycles. The SMILES string of the molecule is Cc1ccc2c(c1)C1(CC(C)O2)NC(=O)NC1=O. The van der Waals surface area contributed by atoms with Crippen LogP contribution < -0.4 is 15.4 Å². The topological polar surface area (TPSA) is 67.4 Å². The van der Waals surface area contributed by atoms with Gasteiger partial charge in [0.1, 0.15) is 5.75 Å². The molecule has 1 spiro atoms. The summed E-state index contributed by atoms with van der Waals surface area (Å²) in [7, 11) is 0. The molecule has 5 heteroatoms. The van der Waals surface area contributed by atoms with Gasteiger partial charge in [-0.1, -0.05) is 11.6 Å². The molecule has 0 radical (unpaired) electrons. The fourth-order valence-electron chi connectivity index (χ4n) is 2.70. The van der Waals surface area contributed by atoms with Gasteiger partial charge in [-0.15, -0.1) is 0 Å². The Hall–Kier alpha value is -2.04. The number of amides is 3. The number of carbonyl (C=O) groups excluding carboxylic acids is 2. The normalized spacial score (nSPS) is 29.6. The van der Waals surface area contributed by atoms with Crippen molar-refractivity contribution in [3.63, 3.8) is 0 Å². The molecule has 1 aromatic rings. The Labute approximate surface area is 105 Å². The predicted molar refractivity (Wildman–Crippen MR) is 64.2 cm³/mol. The smallest absolute Gasteiger partial charge is 0.322 e. The zero-order chi connectivity index (χ0) is 12.9. The van der Waals surface area contributed by atoms with E-state index in [0.717, 1.165) is 11.1 Å². The molecular formula is C13H14N2O3. The monoisotopic (exact) mass is 246 g/mol. The van der Waals surface area contributed by atoms with E-state index in [0.29, 0.717) is 12.2 Å². The van der Waals surface area contributed by atoms with E-state index < -0.39 is 11.6 Å². The summed E-state index contributed by atoms with van der Waals surface area (Å²) in [6.45, 7) is 3.84. The first-order chi connectivity index (χ1) is 8.51. The fourth-order valence-corrected chi connectivity index (χ4v) is 2.70. The number of benzene rings is 1. The average Bonchev–Trinajstić information content (AvgIpc) is 2.55. The number of fused-ring (bicyclic) bond motifs is 2. The van der Waals surface area contributed by atoms with Crippen molar-refractivity contribution in [2.24, 2.45) is 0 Å². The van der Waals surface area contributed by atoms with Crippen molar-refractivity contribution in [3.05, 3.63) is 29.3 Å². The highest BCUT2D eigenvalue weighted by Crippen LogP contribution is 2.41. The molecule has 2 N–H and O–H groups in total. The zero-order valence-corrected chi connectivity index (χ0v) is 10.2. The minimum atomic E-state index is -0.976. The van der Waals surface area contributed by atoms with Crippen LogP contribution in [0, 0.1) is 6.92 Å². The summed E-state index contributed by atoms with van der Waals surface area (Å²) < 4.78 is 5.73. The average molecular weight is 246 g/mol. The van der Waals surface area contributed by atoms with Crippen molar-refractivity contribution < 1.29 is 14.3 Å². The van der Waals surface area contributed by atoms with Gasteiger partial charge in [0, 0.05) is 12.0 Å². The molecule has 0 aromatic heterocycles. The third-order valence-corrected chi connectivity index (χ3v) is 3.46. The Morgan fingerprint density at radius 2 is 2.17 bits per heavy atom. The van der Waals surface area contributed by atoms with Gasteiger partial charge in [0.25, 0.3) is 5.91 Å². The lowest BCUT2D eigenvalue weighted by Gasteiger charge is -2.36. The minimum absolute atomic E-state index is 0.121. The van der Waals surface area contributed by atoms with E-state index in [2.05, 4.69) is 10.6 Å². The third-order valence-electron chi connectivity index (χ3n) is 3.46. The lowest BCUT2D eigenvalue weighted by atomic mass is 9.81. The van der Waals surface area contributed by atoms with Crippen LogP contribution in [0.2, 0.25) is 0 Å². The van der Waals surface area contributed by atoms with Crippen LogP contribution in [-0.2, 0) is 10.3 Å². The number of aryl methyl sites for hydroxylation is 1. The molecule has 1 aromatic carbocycles. The highest BCUT2D eigenvalue weighted by atomic mass is 16.5. The van der Waals surface area contributed by atoms with Gasteiger partial charge in [0.15, 0.2) is 5.54 Å². The number of rotatable bonds is 0. The van der Waals surface area contributed by atoms with Gasteiger partial charge in [-0.05, 0) is 26.0 Å². The molecule has 3 amide bonds. The van der Waals surface area contributed by atoms with Crippen molar-refractivity contribution in [2.45, 2.75) is 31.9 Å². The van der Waals surface area contributed by atoms with Crippen LogP contribution in [0.5, 0.6) is 5.75 Å². The molecule has 18 heavy (non-hydrogen) atoms. The van der Waals surface area contributed by atoms with E-state index in [9.17, 15) is 9.59 Å². The maximum absolute atomic E-state index is 12.1. The Morgan fingerprint density at radius 1 is 1.39 bits per heavy atom. The highest BCUT2D eigenvalue weighted by molar-refractivity contribution is 6.08. The summed E-state index contributed by atoms with van der Waals surface area (Å²) in [5.41, 5.74) is 0.792. The maximum Gasteiger partial charge on any atom is 0.322 e. The van der Waals surface area contributed by atoms with Gasteiger partial charge >= 0.3 is 6.03 Å². The molecule has 1 fully saturated rings. The standard InChI is InChI=1S/C13H14N2O3/c1-7-3-4-10-9(5-7)13(6-8(2)18-10)11(16)14-12(17)15-13/h3-5,8H,6H2,1-2H3,(H2,14,15,16,17). The van der Waals surface area contributed by atoms with Crippen LogP contribution in [-0.4, -0.2) is 18.0 Å². The molecule has 2 aliphatic rings. The van der Waals surface area contributed by atoms with Gasteiger partial charge in [0.05, 0.1) is 6.10 Å². The minimum Gasteiger partial charge on any atom is -0.490 e. The van der Waals surface area contributed by atoms with Crippen molar-refractivity contribution >= 4 is 11.9 Å². The summed E-state index contributed by atoms with van der Waals surface area (Å²) in [4.78, 5) is 23.6. The van der Waals surface area contributed by atoms with Crippen molar-refractivity contribution in [2.75, 3.05) is 0 Å². The van der Waals surface area contributed by atoms with Crippen LogP contribution in [0.4, 0.5) is 4.79 Å². The fraction of sp³-hybridized carbons (Fsp3) is 0.385. The number of ether oxygens (including phenoxy) is 1. The van der Waals surface area contributed by atoms with Crippen LogP contribution >= 0.6 is 0 Å². The maximum atomic E-state index is 12.1. The lowest BCUT2D eigenvalue weighted by Crippen LogP contribution is -2.49. The zero-order valence-electron chi connectivity index (χ0n) is 10.2. The van der Waals surface area contributed by atoms with Gasteiger partial charge in [0.2, 0.25) is 0 Å². The van der Waals surface area contributed by atoms with Gasteiger partial charge in [-0.3, -0.25) is 10.1 Å². The first-order valence-electron chi connectivity index (χ1n) is 5.93. The summed E-state index contributed by atoms with van der Waals surface area (Å²) in [6, 6.07) is 5.23. The molecule has 1 saturated heterocycles. The Bertz CT molecular complexity index is 555. The number of hydrogen-bond acceptors (Lipinski definition) is 3. The molecule has 2 atom stereocenters. The van der Waals surface area contributed by atoms with E-state index >= 15 is 0 Å². The Balaban J connectivity index is 2.20. The number of urea groups is 1. The van der Waals surface area contributed by atoms with E-state index in [1.165, 1.54) is 0 Å². The largest absolute Gasteiger partial charge is 0.490 e. The summed E-state index contributed by atoms with van der Waals surface area (Å²) >= 11 is 0. The van der Waals surface area contributed by atoms with Crippen molar-refractivity contribution in [3.8, 4) is 5.75 Å². The molecule has 0 bridgehead atoms. The van der Waals surface area contributed by atoms with Gasteiger partial charge < -0.3 is 10.1 Å². The van der Waals surface area contributed by atoms with Crippen LogP contribution in [0.1, 0.15) is 24.5 Å². The third kappa shape index (κ3) is 1.40. The van der Waals surface area contributed by atoms with Crippen molar-refractivity contribution in [1.29, 1.82) is 0 Å². The van der Waals surface area contributed by atoms with E-state index in [4.69, 9.17) is 4.74 Å². The molecule has 94 valence electrons. The van der Waals surface area contributed by atoms with E-state index in [-0.39, 0.29) is 12.0 Å². The number of carbonyl (C=O) groups is 2. The van der Waals surface area contributed by atoms with Crippen LogP contribution in [0.25, 0.3) is 0 Å². The highest BCUT2D eigenvalue weighted by Gasteiger charge is 2.52. The molecule has 3 rings (SSSR count).